The van der Waals surface area contributed by atoms with Crippen LogP contribution < -0.4 is 10.0 Å². The number of nitrogens with one attached hydrogen (secondary N) is 2. The van der Waals surface area contributed by atoms with Gasteiger partial charge in [0.05, 0.1) is 18.0 Å². The van der Waals surface area contributed by atoms with Crippen molar-refractivity contribution in [2.45, 2.75) is 51.1 Å². The van der Waals surface area contributed by atoms with E-state index < -0.39 is 10.0 Å². The second-order valence-corrected chi connectivity index (χ2v) is 7.61. The predicted molar refractivity (Wildman–Crippen MR) is 83.5 cm³/mol. The Morgan fingerprint density at radius 3 is 2.76 bits per heavy atom. The molecule has 1 aliphatic rings. The van der Waals surface area contributed by atoms with Crippen LogP contribution in [0.3, 0.4) is 0 Å². The van der Waals surface area contributed by atoms with E-state index >= 15 is 0 Å². The molecule has 0 bridgehead atoms. The second-order valence-electron chi connectivity index (χ2n) is 5.78. The van der Waals surface area contributed by atoms with E-state index in [-0.39, 0.29) is 0 Å². The van der Waals surface area contributed by atoms with Crippen LogP contribution in [-0.4, -0.2) is 37.5 Å². The summed E-state index contributed by atoms with van der Waals surface area (Å²) in [5.41, 5.74) is 1.05. The average Bonchev–Trinajstić information content (AvgIpc) is 2.91. The second kappa shape index (κ2) is 7.91. The molecule has 0 radical (unpaired) electrons. The molecule has 1 heterocycles. The Bertz CT molecular complexity index is 521. The quantitative estimate of drug-likeness (QED) is 0.712. The lowest BCUT2D eigenvalue weighted by atomic mass is 9.96. The van der Waals surface area contributed by atoms with E-state index in [4.69, 9.17) is 0 Å². The molecule has 1 aromatic heterocycles. The van der Waals surface area contributed by atoms with Crippen LogP contribution in [0.15, 0.2) is 12.3 Å². The first-order chi connectivity index (χ1) is 10.0. The molecular formula is C14H26N4O2S. The molecule has 1 aromatic rings. The molecule has 2 N–H and O–H groups in total. The van der Waals surface area contributed by atoms with Crippen LogP contribution in [-0.2, 0) is 16.6 Å². The van der Waals surface area contributed by atoms with Gasteiger partial charge in [0.2, 0.25) is 10.0 Å². The summed E-state index contributed by atoms with van der Waals surface area (Å²) in [5.74, 6) is 0. The molecule has 6 nitrogen and oxygen atoms in total. The largest absolute Gasteiger partial charge is 0.311 e. The first kappa shape index (κ1) is 16.5. The zero-order valence-corrected chi connectivity index (χ0v) is 13.5. The van der Waals surface area contributed by atoms with Gasteiger partial charge in [0.15, 0.2) is 0 Å². The van der Waals surface area contributed by atoms with Gasteiger partial charge < -0.3 is 5.32 Å². The fourth-order valence-corrected chi connectivity index (χ4v) is 3.22. The number of sulfonamides is 1. The van der Waals surface area contributed by atoms with Gasteiger partial charge in [0.1, 0.15) is 0 Å². The Morgan fingerprint density at radius 2 is 2.05 bits per heavy atom. The third-order valence-corrected chi connectivity index (χ3v) is 4.54. The van der Waals surface area contributed by atoms with Crippen molar-refractivity contribution in [3.63, 3.8) is 0 Å². The Kier molecular flexibility index (Phi) is 6.20. The molecule has 1 saturated carbocycles. The Labute approximate surface area is 127 Å². The van der Waals surface area contributed by atoms with Gasteiger partial charge in [-0.3, -0.25) is 4.68 Å². The lowest BCUT2D eigenvalue weighted by Gasteiger charge is -2.21. The summed E-state index contributed by atoms with van der Waals surface area (Å²) in [6, 6.07) is 2.64. The number of nitrogens with zero attached hydrogens (tertiary/aromatic N) is 2. The molecule has 0 spiro atoms. The van der Waals surface area contributed by atoms with Crippen LogP contribution in [0, 0.1) is 0 Å². The van der Waals surface area contributed by atoms with E-state index in [9.17, 15) is 8.42 Å². The zero-order chi connectivity index (χ0) is 15.1. The minimum Gasteiger partial charge on any atom is -0.311 e. The summed E-state index contributed by atoms with van der Waals surface area (Å²) in [6.45, 7) is 1.99. The molecular weight excluding hydrogens is 288 g/mol. The zero-order valence-electron chi connectivity index (χ0n) is 12.7. The van der Waals surface area contributed by atoms with Crippen LogP contribution in [0.25, 0.3) is 0 Å². The molecule has 0 amide bonds. The van der Waals surface area contributed by atoms with E-state index in [1.165, 1.54) is 38.4 Å². The van der Waals surface area contributed by atoms with Gasteiger partial charge >= 0.3 is 0 Å². The van der Waals surface area contributed by atoms with Crippen molar-refractivity contribution in [2.24, 2.45) is 0 Å². The number of hydrogen-bond acceptors (Lipinski definition) is 4. The van der Waals surface area contributed by atoms with Gasteiger partial charge in [0, 0.05) is 19.3 Å². The molecule has 1 aliphatic carbocycles. The Balaban J connectivity index is 1.64. The van der Waals surface area contributed by atoms with Crippen molar-refractivity contribution < 1.29 is 8.42 Å². The van der Waals surface area contributed by atoms with Gasteiger partial charge in [0.25, 0.3) is 0 Å². The Hall–Kier alpha value is -0.920. The van der Waals surface area contributed by atoms with Crippen LogP contribution in [0.2, 0.25) is 0 Å². The van der Waals surface area contributed by atoms with E-state index in [1.54, 1.807) is 0 Å². The van der Waals surface area contributed by atoms with Crippen LogP contribution in [0.5, 0.6) is 0 Å². The molecule has 1 fully saturated rings. The van der Waals surface area contributed by atoms with Crippen LogP contribution >= 0.6 is 0 Å². The Morgan fingerprint density at radius 1 is 1.29 bits per heavy atom. The molecule has 0 unspecified atom stereocenters. The van der Waals surface area contributed by atoms with Gasteiger partial charge in [-0.05, 0) is 31.9 Å². The van der Waals surface area contributed by atoms with Gasteiger partial charge in [-0.25, -0.2) is 13.1 Å². The van der Waals surface area contributed by atoms with Gasteiger partial charge in [-0.2, -0.15) is 5.10 Å². The van der Waals surface area contributed by atoms with Gasteiger partial charge in [-0.15, -0.1) is 0 Å². The standard InChI is InChI=1S/C14H26N4O2S/c1-21(19,20)16-10-5-9-15-12-13-8-11-18(17-13)14-6-3-2-4-7-14/h8,11,14-16H,2-7,9-10,12H2,1H3. The molecule has 0 aliphatic heterocycles. The van der Waals surface area contributed by atoms with Crippen molar-refractivity contribution in [1.82, 2.24) is 19.8 Å². The monoisotopic (exact) mass is 314 g/mol. The predicted octanol–water partition coefficient (Wildman–Crippen LogP) is 1.42. The first-order valence-corrected chi connectivity index (χ1v) is 9.63. The highest BCUT2D eigenvalue weighted by Crippen LogP contribution is 2.27. The molecule has 2 rings (SSSR count). The molecule has 21 heavy (non-hydrogen) atoms. The average molecular weight is 314 g/mol. The van der Waals surface area contributed by atoms with Crippen molar-refractivity contribution in [3.8, 4) is 0 Å². The van der Waals surface area contributed by atoms with Gasteiger partial charge in [-0.1, -0.05) is 19.3 Å². The summed E-state index contributed by atoms with van der Waals surface area (Å²) >= 11 is 0. The number of rotatable bonds is 8. The topological polar surface area (TPSA) is 76.0 Å². The maximum Gasteiger partial charge on any atom is 0.208 e. The third-order valence-electron chi connectivity index (χ3n) is 3.81. The fraction of sp³-hybridized carbons (Fsp3) is 0.786. The van der Waals surface area contributed by atoms with E-state index in [0.717, 1.165) is 25.2 Å². The lowest BCUT2D eigenvalue weighted by Crippen LogP contribution is -2.26. The van der Waals surface area contributed by atoms with Crippen molar-refractivity contribution in [1.29, 1.82) is 0 Å². The highest BCUT2D eigenvalue weighted by Gasteiger charge is 2.15. The molecule has 0 aromatic carbocycles. The first-order valence-electron chi connectivity index (χ1n) is 7.74. The molecule has 7 heteroatoms. The minimum atomic E-state index is -3.07. The normalized spacial score (nSPS) is 17.2. The summed E-state index contributed by atoms with van der Waals surface area (Å²) in [5, 5.41) is 7.93. The third kappa shape index (κ3) is 6.15. The summed E-state index contributed by atoms with van der Waals surface area (Å²) < 4.78 is 26.4. The fourth-order valence-electron chi connectivity index (χ4n) is 2.71. The minimum absolute atomic E-state index is 0.475. The molecule has 0 saturated heterocycles. The maximum atomic E-state index is 10.9. The van der Waals surface area contributed by atoms with E-state index in [2.05, 4.69) is 32.1 Å². The number of hydrogen-bond donors (Lipinski definition) is 2. The highest BCUT2D eigenvalue weighted by molar-refractivity contribution is 7.88. The molecule has 0 atom stereocenters. The summed E-state index contributed by atoms with van der Waals surface area (Å²) in [6.07, 6.45) is 10.5. The highest BCUT2D eigenvalue weighted by atomic mass is 32.2. The van der Waals surface area contributed by atoms with Crippen molar-refractivity contribution in [2.75, 3.05) is 19.3 Å². The summed E-state index contributed by atoms with van der Waals surface area (Å²) in [7, 11) is -3.07. The lowest BCUT2D eigenvalue weighted by molar-refractivity contribution is 0.327. The maximum absolute atomic E-state index is 10.9. The number of aromatic nitrogens is 2. The molecule has 120 valence electrons. The van der Waals surface area contributed by atoms with Crippen LogP contribution in [0.1, 0.15) is 50.3 Å². The van der Waals surface area contributed by atoms with Crippen LogP contribution in [0.4, 0.5) is 0 Å². The van der Waals surface area contributed by atoms with E-state index in [1.807, 2.05) is 0 Å². The van der Waals surface area contributed by atoms with Crippen molar-refractivity contribution in [3.05, 3.63) is 18.0 Å². The summed E-state index contributed by atoms with van der Waals surface area (Å²) in [4.78, 5) is 0. The smallest absolute Gasteiger partial charge is 0.208 e. The van der Waals surface area contributed by atoms with E-state index in [0.29, 0.717) is 12.6 Å². The SMILES string of the molecule is CS(=O)(=O)NCCCNCc1ccn(C2CCCCC2)n1. The van der Waals surface area contributed by atoms with Crippen molar-refractivity contribution >= 4 is 10.0 Å².